The predicted molar refractivity (Wildman–Crippen MR) is 189 cm³/mol. The SMILES string of the molecule is CCCCCCCCCCCC/C=C/C(O)C(COC1OC(CO)C(OC2OC(CO)C(O)C(O)C2O)C(O)C1O)NC(=O)CCCCCCC. The average Bonchev–Trinajstić information content (AvgIpc) is 3.12. The molecule has 0 radical (unpaired) electrons. The highest BCUT2D eigenvalue weighted by Crippen LogP contribution is 2.29. The average molecular weight is 736 g/mol. The van der Waals surface area contributed by atoms with Crippen LogP contribution in [0.5, 0.6) is 0 Å². The van der Waals surface area contributed by atoms with Crippen LogP contribution in [0, 0.1) is 0 Å². The van der Waals surface area contributed by atoms with E-state index in [1.54, 1.807) is 6.08 Å². The second-order valence-corrected chi connectivity index (χ2v) is 14.1. The number of carbonyl (C=O) groups is 1. The number of unbranched alkanes of at least 4 members (excludes halogenated alkanes) is 14. The van der Waals surface area contributed by atoms with Gasteiger partial charge in [0, 0.05) is 6.42 Å². The van der Waals surface area contributed by atoms with Gasteiger partial charge in [0.2, 0.25) is 5.91 Å². The van der Waals surface area contributed by atoms with Crippen LogP contribution in [0.3, 0.4) is 0 Å². The lowest BCUT2D eigenvalue weighted by Crippen LogP contribution is -2.65. The van der Waals surface area contributed by atoms with E-state index >= 15 is 0 Å². The van der Waals surface area contributed by atoms with Crippen molar-refractivity contribution < 1.29 is 64.6 Å². The fourth-order valence-electron chi connectivity index (χ4n) is 6.40. The first-order valence-electron chi connectivity index (χ1n) is 19.4. The van der Waals surface area contributed by atoms with Gasteiger partial charge in [0.1, 0.15) is 48.8 Å². The van der Waals surface area contributed by atoms with E-state index in [1.807, 2.05) is 6.08 Å². The van der Waals surface area contributed by atoms with Crippen molar-refractivity contribution in [2.45, 2.75) is 197 Å². The molecule has 14 nitrogen and oxygen atoms in total. The Balaban J connectivity index is 1.95. The Bertz CT molecular complexity index is 925. The van der Waals surface area contributed by atoms with Gasteiger partial charge in [-0.2, -0.15) is 0 Å². The molecular formula is C37H69NO13. The van der Waals surface area contributed by atoms with Crippen LogP contribution in [0.1, 0.15) is 123 Å². The number of amides is 1. The molecule has 2 aliphatic heterocycles. The molecule has 2 rings (SSSR count). The van der Waals surface area contributed by atoms with Crippen molar-refractivity contribution in [3.63, 3.8) is 0 Å². The van der Waals surface area contributed by atoms with Crippen molar-refractivity contribution in [3.8, 4) is 0 Å². The molecule has 0 aliphatic carbocycles. The van der Waals surface area contributed by atoms with E-state index in [-0.39, 0.29) is 18.9 Å². The van der Waals surface area contributed by atoms with E-state index < -0.39 is 86.8 Å². The number of hydrogen-bond acceptors (Lipinski definition) is 13. The minimum atomic E-state index is -1.78. The van der Waals surface area contributed by atoms with Crippen LogP contribution in [0.15, 0.2) is 12.2 Å². The molecule has 0 spiro atoms. The second kappa shape index (κ2) is 26.5. The summed E-state index contributed by atoms with van der Waals surface area (Å²) in [4.78, 5) is 12.8. The first-order chi connectivity index (χ1) is 24.6. The molecule has 51 heavy (non-hydrogen) atoms. The van der Waals surface area contributed by atoms with Gasteiger partial charge in [-0.05, 0) is 19.3 Å². The third-order valence-corrected chi connectivity index (χ3v) is 9.72. The van der Waals surface area contributed by atoms with E-state index in [0.717, 1.165) is 44.9 Å². The van der Waals surface area contributed by atoms with Crippen LogP contribution in [-0.2, 0) is 23.7 Å². The molecule has 14 heteroatoms. The van der Waals surface area contributed by atoms with Gasteiger partial charge in [0.25, 0.3) is 0 Å². The van der Waals surface area contributed by atoms with Crippen LogP contribution in [0.2, 0.25) is 0 Å². The predicted octanol–water partition coefficient (Wildman–Crippen LogP) is 1.70. The normalized spacial score (nSPS) is 31.2. The largest absolute Gasteiger partial charge is 0.394 e. The van der Waals surface area contributed by atoms with Gasteiger partial charge in [0.15, 0.2) is 12.6 Å². The number of ether oxygens (including phenoxy) is 4. The van der Waals surface area contributed by atoms with E-state index in [9.17, 15) is 45.6 Å². The molecule has 300 valence electrons. The molecule has 12 atom stereocenters. The summed E-state index contributed by atoms with van der Waals surface area (Å²) in [5, 5.41) is 85.7. The first-order valence-corrected chi connectivity index (χ1v) is 19.4. The van der Waals surface area contributed by atoms with Crippen molar-refractivity contribution in [2.24, 2.45) is 0 Å². The van der Waals surface area contributed by atoms with Crippen LogP contribution in [-0.4, -0.2) is 140 Å². The summed E-state index contributed by atoms with van der Waals surface area (Å²) < 4.78 is 22.4. The summed E-state index contributed by atoms with van der Waals surface area (Å²) in [5.74, 6) is -0.256. The number of aliphatic hydroxyl groups excluding tert-OH is 8. The Kier molecular flexibility index (Phi) is 23.8. The van der Waals surface area contributed by atoms with Gasteiger partial charge in [0.05, 0.1) is 32.0 Å². The lowest BCUT2D eigenvalue weighted by molar-refractivity contribution is -0.359. The molecule has 0 aromatic rings. The molecule has 0 bridgehead atoms. The molecule has 12 unspecified atom stereocenters. The Morgan fingerprint density at radius 1 is 0.686 bits per heavy atom. The standard InChI is InChI=1S/C37H69NO13/c1-3-5-7-9-10-11-12-13-14-15-17-18-20-26(41)25(38-29(42)21-19-16-8-6-4-2)24-48-36-34(47)32(45)35(28(23-40)50-36)51-37-33(46)31(44)30(43)27(22-39)49-37/h18,20,25-28,30-37,39-41,43-47H,3-17,19,21-24H2,1-2H3,(H,38,42)/b20-18+. The molecular weight excluding hydrogens is 666 g/mol. The van der Waals surface area contributed by atoms with Crippen molar-refractivity contribution in [1.82, 2.24) is 5.32 Å². The van der Waals surface area contributed by atoms with Crippen molar-refractivity contribution in [2.75, 3.05) is 19.8 Å². The van der Waals surface area contributed by atoms with Gasteiger partial charge >= 0.3 is 0 Å². The Hall–Kier alpha value is -1.27. The maximum atomic E-state index is 12.8. The minimum absolute atomic E-state index is 0.256. The summed E-state index contributed by atoms with van der Waals surface area (Å²) in [7, 11) is 0. The van der Waals surface area contributed by atoms with E-state index in [4.69, 9.17) is 18.9 Å². The number of allylic oxidation sites excluding steroid dienone is 1. The first kappa shape index (κ1) is 45.9. The van der Waals surface area contributed by atoms with Crippen LogP contribution in [0.25, 0.3) is 0 Å². The number of nitrogens with one attached hydrogen (secondary N) is 1. The van der Waals surface area contributed by atoms with Crippen molar-refractivity contribution >= 4 is 5.91 Å². The van der Waals surface area contributed by atoms with Crippen molar-refractivity contribution in [1.29, 1.82) is 0 Å². The van der Waals surface area contributed by atoms with Gasteiger partial charge in [-0.25, -0.2) is 0 Å². The third-order valence-electron chi connectivity index (χ3n) is 9.72. The summed E-state index contributed by atoms with van der Waals surface area (Å²) in [6.07, 6.45) is 4.69. The summed E-state index contributed by atoms with van der Waals surface area (Å²) in [5.41, 5.74) is 0. The molecule has 2 heterocycles. The zero-order valence-electron chi connectivity index (χ0n) is 30.8. The monoisotopic (exact) mass is 735 g/mol. The molecule has 1 amide bonds. The summed E-state index contributed by atoms with van der Waals surface area (Å²) >= 11 is 0. The lowest BCUT2D eigenvalue weighted by atomic mass is 9.97. The molecule has 2 fully saturated rings. The molecule has 2 aliphatic rings. The summed E-state index contributed by atoms with van der Waals surface area (Å²) in [6, 6.07) is -0.902. The van der Waals surface area contributed by atoms with Gasteiger partial charge in [-0.1, -0.05) is 109 Å². The highest BCUT2D eigenvalue weighted by Gasteiger charge is 2.50. The molecule has 9 N–H and O–H groups in total. The van der Waals surface area contributed by atoms with Gasteiger partial charge in [-0.3, -0.25) is 4.79 Å². The molecule has 0 aromatic heterocycles. The van der Waals surface area contributed by atoms with Crippen LogP contribution >= 0.6 is 0 Å². The second-order valence-electron chi connectivity index (χ2n) is 14.1. The minimum Gasteiger partial charge on any atom is -0.394 e. The Morgan fingerprint density at radius 2 is 1.22 bits per heavy atom. The quantitative estimate of drug-likeness (QED) is 0.0433. The molecule has 0 aromatic carbocycles. The zero-order chi connectivity index (χ0) is 37.6. The Labute approximate surface area is 304 Å². The maximum absolute atomic E-state index is 12.8. The number of rotatable bonds is 27. The zero-order valence-corrected chi connectivity index (χ0v) is 30.8. The highest BCUT2D eigenvalue weighted by atomic mass is 16.7. The van der Waals surface area contributed by atoms with E-state index in [1.165, 1.54) is 51.4 Å². The van der Waals surface area contributed by atoms with Crippen molar-refractivity contribution in [3.05, 3.63) is 12.2 Å². The van der Waals surface area contributed by atoms with Crippen LogP contribution < -0.4 is 5.32 Å². The molecule has 0 saturated carbocycles. The number of aliphatic hydroxyl groups is 8. The van der Waals surface area contributed by atoms with E-state index in [2.05, 4.69) is 19.2 Å². The van der Waals surface area contributed by atoms with Crippen LogP contribution in [0.4, 0.5) is 0 Å². The fraction of sp³-hybridized carbons (Fsp3) is 0.919. The van der Waals surface area contributed by atoms with Gasteiger partial charge in [-0.15, -0.1) is 0 Å². The Morgan fingerprint density at radius 3 is 1.80 bits per heavy atom. The number of hydrogen-bond donors (Lipinski definition) is 9. The maximum Gasteiger partial charge on any atom is 0.220 e. The smallest absolute Gasteiger partial charge is 0.220 e. The lowest BCUT2D eigenvalue weighted by Gasteiger charge is -2.46. The van der Waals surface area contributed by atoms with E-state index in [0.29, 0.717) is 6.42 Å². The topological polar surface area (TPSA) is 228 Å². The highest BCUT2D eigenvalue weighted by molar-refractivity contribution is 5.76. The van der Waals surface area contributed by atoms with Gasteiger partial charge < -0.3 is 65.1 Å². The fourth-order valence-corrected chi connectivity index (χ4v) is 6.40. The number of carbonyl (C=O) groups excluding carboxylic acids is 1. The third kappa shape index (κ3) is 16.3. The summed E-state index contributed by atoms with van der Waals surface area (Å²) in [6.45, 7) is 2.63. The molecule has 2 saturated heterocycles.